The van der Waals surface area contributed by atoms with E-state index in [1.54, 1.807) is 26.1 Å². The molecule has 33 heavy (non-hydrogen) atoms. The fraction of sp³-hybridized carbons (Fsp3) is 0.500. The van der Waals surface area contributed by atoms with Crippen LogP contribution in [0.15, 0.2) is 30.3 Å². The lowest BCUT2D eigenvalue weighted by molar-refractivity contribution is -0.133. The highest BCUT2D eigenvalue weighted by molar-refractivity contribution is 6.01. The zero-order chi connectivity index (χ0) is 23.6. The molecule has 1 atom stereocenters. The average molecular weight is 456 g/mol. The first-order valence-corrected chi connectivity index (χ1v) is 11.5. The van der Waals surface area contributed by atoms with Crippen LogP contribution in [0, 0.1) is 5.82 Å². The van der Waals surface area contributed by atoms with Crippen molar-refractivity contribution in [2.24, 2.45) is 0 Å². The molecule has 1 saturated carbocycles. The van der Waals surface area contributed by atoms with Gasteiger partial charge in [0, 0.05) is 25.7 Å². The highest BCUT2D eigenvalue weighted by atomic mass is 19.1. The zero-order valence-electron chi connectivity index (χ0n) is 19.1. The topological polar surface area (TPSA) is 96.3 Å². The van der Waals surface area contributed by atoms with Gasteiger partial charge in [-0.1, -0.05) is 37.8 Å². The van der Waals surface area contributed by atoms with E-state index in [2.05, 4.69) is 15.7 Å². The zero-order valence-corrected chi connectivity index (χ0v) is 19.1. The van der Waals surface area contributed by atoms with Crippen LogP contribution in [0.3, 0.4) is 0 Å². The van der Waals surface area contributed by atoms with Crippen molar-refractivity contribution in [3.05, 3.63) is 53.1 Å². The Morgan fingerprint density at radius 3 is 2.48 bits per heavy atom. The fourth-order valence-electron chi connectivity index (χ4n) is 4.48. The van der Waals surface area contributed by atoms with Crippen molar-refractivity contribution in [3.63, 3.8) is 0 Å². The number of aromatic nitrogens is 2. The third-order valence-electron chi connectivity index (χ3n) is 6.78. The van der Waals surface area contributed by atoms with Gasteiger partial charge in [-0.05, 0) is 37.5 Å². The summed E-state index contributed by atoms with van der Waals surface area (Å²) in [6.45, 7) is 2.10. The van der Waals surface area contributed by atoms with Crippen molar-refractivity contribution in [3.8, 4) is 0 Å². The Morgan fingerprint density at radius 2 is 1.82 bits per heavy atom. The van der Waals surface area contributed by atoms with Crippen LogP contribution in [0.25, 0.3) is 0 Å². The number of benzene rings is 1. The molecule has 2 aromatic rings. The number of halogens is 1. The summed E-state index contributed by atoms with van der Waals surface area (Å²) in [4.78, 5) is 40.3. The number of nitrogens with one attached hydrogen (secondary N) is 2. The second-order valence-corrected chi connectivity index (χ2v) is 9.18. The second kappa shape index (κ2) is 9.33. The molecule has 1 aliphatic carbocycles. The summed E-state index contributed by atoms with van der Waals surface area (Å²) < 4.78 is 14.5. The first kappa shape index (κ1) is 22.9. The summed E-state index contributed by atoms with van der Waals surface area (Å²) >= 11 is 0. The molecule has 176 valence electrons. The first-order chi connectivity index (χ1) is 15.8. The maximum atomic E-state index is 13.2. The number of carbonyl (C=O) groups is 3. The molecule has 0 bridgehead atoms. The normalized spacial score (nSPS) is 21.3. The fourth-order valence-corrected chi connectivity index (χ4v) is 4.48. The number of fused-ring (bicyclic) bond motifs is 1. The van der Waals surface area contributed by atoms with Gasteiger partial charge >= 0.3 is 0 Å². The summed E-state index contributed by atoms with van der Waals surface area (Å²) in [5.74, 6) is -1.35. The predicted octanol–water partition coefficient (Wildman–Crippen LogP) is 2.64. The van der Waals surface area contributed by atoms with Crippen molar-refractivity contribution in [1.82, 2.24) is 25.3 Å². The van der Waals surface area contributed by atoms with Crippen LogP contribution in [0.2, 0.25) is 0 Å². The Balaban J connectivity index is 1.46. The molecule has 1 unspecified atom stereocenters. The molecule has 2 aliphatic rings. The summed E-state index contributed by atoms with van der Waals surface area (Å²) in [5.41, 5.74) is 0.00308. The summed E-state index contributed by atoms with van der Waals surface area (Å²) in [6, 6.07) is 7.39. The van der Waals surface area contributed by atoms with Crippen molar-refractivity contribution >= 4 is 17.7 Å². The third-order valence-corrected chi connectivity index (χ3v) is 6.78. The van der Waals surface area contributed by atoms with Crippen molar-refractivity contribution < 1.29 is 18.8 Å². The highest BCUT2D eigenvalue weighted by Crippen LogP contribution is 2.27. The Kier molecular flexibility index (Phi) is 6.49. The van der Waals surface area contributed by atoms with Gasteiger partial charge in [0.25, 0.3) is 11.8 Å². The molecule has 2 N–H and O–H groups in total. The Hall–Kier alpha value is -3.23. The van der Waals surface area contributed by atoms with Gasteiger partial charge in [-0.25, -0.2) is 4.39 Å². The Bertz CT molecular complexity index is 1040. The molecule has 1 fully saturated rings. The number of nitrogens with zero attached hydrogens (tertiary/aromatic N) is 3. The number of hydrogen-bond acceptors (Lipinski definition) is 4. The lowest BCUT2D eigenvalue weighted by atomic mass is 9.95. The molecule has 4 rings (SSSR count). The number of amides is 3. The van der Waals surface area contributed by atoms with Gasteiger partial charge < -0.3 is 15.5 Å². The van der Waals surface area contributed by atoms with E-state index in [-0.39, 0.29) is 48.2 Å². The van der Waals surface area contributed by atoms with Crippen LogP contribution in [0.4, 0.5) is 4.39 Å². The predicted molar refractivity (Wildman–Crippen MR) is 120 cm³/mol. The minimum absolute atomic E-state index is 0.0993. The van der Waals surface area contributed by atoms with E-state index in [4.69, 9.17) is 0 Å². The molecule has 1 aromatic heterocycles. The van der Waals surface area contributed by atoms with Gasteiger partial charge in [0.05, 0.1) is 6.54 Å². The molecule has 0 radical (unpaired) electrons. The number of likely N-dealkylation sites (N-methyl/N-ethyl adjacent to an activating group) is 1. The SMILES string of the molecule is CN1C(=O)c2cc(C(=O)NCc3ccc(F)cc3)nn2CC1(C)C(=O)NC1CCCCCC1. The molecule has 3 amide bonds. The van der Waals surface area contributed by atoms with E-state index in [1.807, 2.05) is 0 Å². The van der Waals surface area contributed by atoms with Crippen molar-refractivity contribution in [1.29, 1.82) is 0 Å². The molecule has 0 saturated heterocycles. The average Bonchev–Trinajstić information content (AvgIpc) is 3.05. The molecule has 0 spiro atoms. The maximum Gasteiger partial charge on any atom is 0.272 e. The van der Waals surface area contributed by atoms with Crippen LogP contribution in [-0.2, 0) is 17.9 Å². The van der Waals surface area contributed by atoms with E-state index in [0.717, 1.165) is 31.2 Å². The maximum absolute atomic E-state index is 13.2. The van der Waals surface area contributed by atoms with Crippen molar-refractivity contribution in [2.45, 2.75) is 70.1 Å². The Morgan fingerprint density at radius 1 is 1.15 bits per heavy atom. The van der Waals surface area contributed by atoms with E-state index in [1.165, 1.54) is 40.6 Å². The van der Waals surface area contributed by atoms with Crippen LogP contribution >= 0.6 is 0 Å². The summed E-state index contributed by atoms with van der Waals surface area (Å²) in [5, 5.41) is 10.2. The van der Waals surface area contributed by atoms with Crippen LogP contribution in [-0.4, -0.2) is 51.0 Å². The van der Waals surface area contributed by atoms with Crippen LogP contribution in [0.5, 0.6) is 0 Å². The quantitative estimate of drug-likeness (QED) is 0.678. The van der Waals surface area contributed by atoms with Gasteiger partial charge in [0.2, 0.25) is 5.91 Å². The van der Waals surface area contributed by atoms with Crippen LogP contribution < -0.4 is 10.6 Å². The lowest BCUT2D eigenvalue weighted by Crippen LogP contribution is -2.63. The molecular weight excluding hydrogens is 425 g/mol. The lowest BCUT2D eigenvalue weighted by Gasteiger charge is -2.41. The highest BCUT2D eigenvalue weighted by Gasteiger charge is 2.46. The summed E-state index contributed by atoms with van der Waals surface area (Å²) in [6.07, 6.45) is 6.46. The monoisotopic (exact) mass is 455 g/mol. The minimum Gasteiger partial charge on any atom is -0.351 e. The number of carbonyl (C=O) groups excluding carboxylic acids is 3. The molecule has 8 nitrogen and oxygen atoms in total. The van der Waals surface area contributed by atoms with Gasteiger partial charge in [0.15, 0.2) is 5.69 Å². The molecule has 1 aliphatic heterocycles. The largest absolute Gasteiger partial charge is 0.351 e. The van der Waals surface area contributed by atoms with Gasteiger partial charge in [-0.15, -0.1) is 0 Å². The van der Waals surface area contributed by atoms with E-state index in [9.17, 15) is 18.8 Å². The van der Waals surface area contributed by atoms with Gasteiger partial charge in [-0.2, -0.15) is 5.10 Å². The molecule has 2 heterocycles. The summed E-state index contributed by atoms with van der Waals surface area (Å²) in [7, 11) is 1.61. The van der Waals surface area contributed by atoms with E-state index < -0.39 is 11.4 Å². The van der Waals surface area contributed by atoms with Crippen LogP contribution in [0.1, 0.15) is 72.0 Å². The van der Waals surface area contributed by atoms with Gasteiger partial charge in [-0.3, -0.25) is 19.1 Å². The molecular formula is C24H30FN5O3. The number of rotatable bonds is 5. The molecule has 1 aromatic carbocycles. The first-order valence-electron chi connectivity index (χ1n) is 11.5. The second-order valence-electron chi connectivity index (χ2n) is 9.18. The number of hydrogen-bond donors (Lipinski definition) is 2. The Labute approximate surface area is 192 Å². The third kappa shape index (κ3) is 4.77. The van der Waals surface area contributed by atoms with Crippen molar-refractivity contribution in [2.75, 3.05) is 7.05 Å². The van der Waals surface area contributed by atoms with Gasteiger partial charge in [0.1, 0.15) is 17.1 Å². The standard InChI is InChI=1S/C24H30FN5O3/c1-24(23(33)27-18-7-5-3-4-6-8-18)15-30-20(22(32)29(24)2)13-19(28-30)21(31)26-14-16-9-11-17(25)12-10-16/h9-13,18H,3-8,14-15H2,1-2H3,(H,26,31)(H,27,33). The molecule has 9 heteroatoms. The minimum atomic E-state index is -1.11. The van der Waals surface area contributed by atoms with E-state index in [0.29, 0.717) is 0 Å². The smallest absolute Gasteiger partial charge is 0.272 e. The van der Waals surface area contributed by atoms with E-state index >= 15 is 0 Å².